The van der Waals surface area contributed by atoms with E-state index in [9.17, 15) is 9.90 Å². The van der Waals surface area contributed by atoms with Crippen LogP contribution in [0.25, 0.3) is 11.5 Å². The van der Waals surface area contributed by atoms with Crippen LogP contribution >= 0.6 is 0 Å². The SMILES string of the molecule is Cn1ccnc1-c1cncc(C2CCCN2Cc2cccc(C(=O)O)c2)n1. The van der Waals surface area contributed by atoms with Crippen molar-refractivity contribution in [3.63, 3.8) is 0 Å². The molecule has 0 amide bonds. The highest BCUT2D eigenvalue weighted by atomic mass is 16.4. The molecule has 2 aromatic heterocycles. The minimum atomic E-state index is -0.900. The summed E-state index contributed by atoms with van der Waals surface area (Å²) in [5, 5.41) is 9.20. The first kappa shape index (κ1) is 17.4. The number of aryl methyl sites for hydroxylation is 1. The van der Waals surface area contributed by atoms with E-state index in [0.29, 0.717) is 12.1 Å². The van der Waals surface area contributed by atoms with Crippen LogP contribution in [0.4, 0.5) is 0 Å². The number of likely N-dealkylation sites (tertiary alicyclic amines) is 1. The van der Waals surface area contributed by atoms with Crippen molar-refractivity contribution in [3.05, 3.63) is 65.9 Å². The summed E-state index contributed by atoms with van der Waals surface area (Å²) in [5.41, 5.74) is 3.01. The van der Waals surface area contributed by atoms with Crippen LogP contribution in [0.2, 0.25) is 0 Å². The van der Waals surface area contributed by atoms with Crippen molar-refractivity contribution in [1.82, 2.24) is 24.4 Å². The van der Waals surface area contributed by atoms with Crippen LogP contribution in [-0.4, -0.2) is 42.0 Å². The molecule has 0 spiro atoms. The van der Waals surface area contributed by atoms with Crippen LogP contribution < -0.4 is 0 Å². The van der Waals surface area contributed by atoms with Gasteiger partial charge in [-0.1, -0.05) is 12.1 Å². The molecule has 0 aliphatic carbocycles. The third kappa shape index (κ3) is 3.59. The number of rotatable bonds is 5. The molecule has 3 heterocycles. The fourth-order valence-corrected chi connectivity index (χ4v) is 3.65. The van der Waals surface area contributed by atoms with Crippen molar-refractivity contribution < 1.29 is 9.90 Å². The maximum atomic E-state index is 11.2. The summed E-state index contributed by atoms with van der Waals surface area (Å²) in [6, 6.07) is 7.30. The van der Waals surface area contributed by atoms with Gasteiger partial charge in [0, 0.05) is 26.0 Å². The summed E-state index contributed by atoms with van der Waals surface area (Å²) in [7, 11) is 1.94. The van der Waals surface area contributed by atoms with Crippen LogP contribution in [-0.2, 0) is 13.6 Å². The number of carbonyl (C=O) groups is 1. The van der Waals surface area contributed by atoms with Gasteiger partial charge in [0.15, 0.2) is 5.82 Å². The van der Waals surface area contributed by atoms with Gasteiger partial charge in [0.25, 0.3) is 0 Å². The number of hydrogen-bond donors (Lipinski definition) is 1. The van der Waals surface area contributed by atoms with Gasteiger partial charge in [-0.3, -0.25) is 9.88 Å². The average molecular weight is 363 g/mol. The van der Waals surface area contributed by atoms with Crippen LogP contribution in [0.3, 0.4) is 0 Å². The van der Waals surface area contributed by atoms with E-state index in [2.05, 4.69) is 14.9 Å². The number of nitrogens with zero attached hydrogens (tertiary/aromatic N) is 5. The molecule has 138 valence electrons. The summed E-state index contributed by atoms with van der Waals surface area (Å²) in [6.45, 7) is 1.65. The lowest BCUT2D eigenvalue weighted by atomic mass is 10.1. The minimum absolute atomic E-state index is 0.172. The number of hydrogen-bond acceptors (Lipinski definition) is 5. The Morgan fingerprint density at radius 3 is 3.00 bits per heavy atom. The molecule has 1 unspecified atom stereocenters. The zero-order valence-corrected chi connectivity index (χ0v) is 15.1. The highest BCUT2D eigenvalue weighted by molar-refractivity contribution is 5.87. The minimum Gasteiger partial charge on any atom is -0.478 e. The highest BCUT2D eigenvalue weighted by Gasteiger charge is 2.28. The Labute approximate surface area is 157 Å². The molecule has 0 bridgehead atoms. The van der Waals surface area contributed by atoms with Crippen molar-refractivity contribution >= 4 is 5.97 Å². The van der Waals surface area contributed by atoms with Crippen molar-refractivity contribution in [2.24, 2.45) is 7.05 Å². The topological polar surface area (TPSA) is 84.1 Å². The van der Waals surface area contributed by atoms with Gasteiger partial charge in [0.1, 0.15) is 5.69 Å². The first-order valence-corrected chi connectivity index (χ1v) is 8.98. The molecule has 3 aromatic rings. The fraction of sp³-hybridized carbons (Fsp3) is 0.300. The van der Waals surface area contributed by atoms with E-state index in [-0.39, 0.29) is 6.04 Å². The number of aromatic nitrogens is 4. The number of aromatic carboxylic acids is 1. The van der Waals surface area contributed by atoms with E-state index in [1.165, 1.54) is 0 Å². The maximum absolute atomic E-state index is 11.2. The molecule has 1 aliphatic heterocycles. The van der Waals surface area contributed by atoms with Crippen molar-refractivity contribution in [2.75, 3.05) is 6.54 Å². The van der Waals surface area contributed by atoms with E-state index < -0.39 is 5.97 Å². The Bertz CT molecular complexity index is 968. The van der Waals surface area contributed by atoms with Gasteiger partial charge in [-0.25, -0.2) is 14.8 Å². The second-order valence-corrected chi connectivity index (χ2v) is 6.82. The van der Waals surface area contributed by atoms with Gasteiger partial charge < -0.3 is 9.67 Å². The molecular formula is C20H21N5O2. The lowest BCUT2D eigenvalue weighted by Gasteiger charge is -2.24. The summed E-state index contributed by atoms with van der Waals surface area (Å²) >= 11 is 0. The molecule has 1 fully saturated rings. The van der Waals surface area contributed by atoms with Crippen molar-refractivity contribution in [2.45, 2.75) is 25.4 Å². The van der Waals surface area contributed by atoms with Crippen LogP contribution in [0.1, 0.15) is 40.5 Å². The quantitative estimate of drug-likeness (QED) is 0.750. The molecule has 4 rings (SSSR count). The van der Waals surface area contributed by atoms with Gasteiger partial charge in [-0.15, -0.1) is 0 Å². The molecule has 1 aromatic carbocycles. The predicted octanol–water partition coefficient (Wildman–Crippen LogP) is 2.91. The van der Waals surface area contributed by atoms with Gasteiger partial charge in [0.2, 0.25) is 0 Å². The largest absolute Gasteiger partial charge is 0.478 e. The van der Waals surface area contributed by atoms with Crippen molar-refractivity contribution in [1.29, 1.82) is 0 Å². The Balaban J connectivity index is 1.58. The molecular weight excluding hydrogens is 342 g/mol. The summed E-state index contributed by atoms with van der Waals surface area (Å²) in [5.74, 6) is -0.105. The smallest absolute Gasteiger partial charge is 0.335 e. The van der Waals surface area contributed by atoms with Gasteiger partial charge >= 0.3 is 5.97 Å². The molecule has 7 nitrogen and oxygen atoms in total. The van der Waals surface area contributed by atoms with Crippen LogP contribution in [0, 0.1) is 0 Å². The summed E-state index contributed by atoms with van der Waals surface area (Å²) in [6.07, 6.45) is 9.29. The number of benzene rings is 1. The van der Waals surface area contributed by atoms with Gasteiger partial charge in [-0.05, 0) is 37.1 Å². The first-order chi connectivity index (χ1) is 13.1. The molecule has 7 heteroatoms. The first-order valence-electron chi connectivity index (χ1n) is 8.98. The van der Waals surface area contributed by atoms with E-state index in [4.69, 9.17) is 4.98 Å². The Morgan fingerprint density at radius 2 is 2.22 bits per heavy atom. The molecule has 0 radical (unpaired) electrons. The molecule has 1 saturated heterocycles. The van der Waals surface area contributed by atoms with Crippen LogP contribution in [0.15, 0.2) is 49.1 Å². The van der Waals surface area contributed by atoms with E-state index in [1.807, 2.05) is 30.1 Å². The highest BCUT2D eigenvalue weighted by Crippen LogP contribution is 2.32. The number of carboxylic acids is 1. The number of carboxylic acid groups (broad SMARTS) is 1. The monoisotopic (exact) mass is 363 g/mol. The van der Waals surface area contributed by atoms with Gasteiger partial charge in [0.05, 0.1) is 29.7 Å². The zero-order valence-electron chi connectivity index (χ0n) is 15.1. The Hall–Kier alpha value is -3.06. The molecule has 1 aliphatic rings. The summed E-state index contributed by atoms with van der Waals surface area (Å²) < 4.78 is 1.93. The second kappa shape index (κ2) is 7.28. The van der Waals surface area contributed by atoms with Gasteiger partial charge in [-0.2, -0.15) is 0 Å². The Kier molecular flexibility index (Phi) is 4.68. The normalized spacial score (nSPS) is 17.3. The van der Waals surface area contributed by atoms with Crippen molar-refractivity contribution in [3.8, 4) is 11.5 Å². The summed E-state index contributed by atoms with van der Waals surface area (Å²) in [4.78, 5) is 27.1. The Morgan fingerprint density at radius 1 is 1.33 bits per heavy atom. The van der Waals surface area contributed by atoms with E-state index in [0.717, 1.165) is 42.2 Å². The third-order valence-electron chi connectivity index (χ3n) is 4.97. The lowest BCUT2D eigenvalue weighted by molar-refractivity contribution is 0.0696. The zero-order chi connectivity index (χ0) is 18.8. The fourth-order valence-electron chi connectivity index (χ4n) is 3.65. The molecule has 1 atom stereocenters. The molecule has 1 N–H and O–H groups in total. The third-order valence-corrected chi connectivity index (χ3v) is 4.97. The van der Waals surface area contributed by atoms with E-state index >= 15 is 0 Å². The van der Waals surface area contributed by atoms with Crippen LogP contribution in [0.5, 0.6) is 0 Å². The number of imidazole rings is 1. The predicted molar refractivity (Wildman–Crippen MR) is 100 cm³/mol. The maximum Gasteiger partial charge on any atom is 0.335 e. The molecule has 0 saturated carbocycles. The lowest BCUT2D eigenvalue weighted by Crippen LogP contribution is -2.24. The van der Waals surface area contributed by atoms with E-state index in [1.54, 1.807) is 30.6 Å². The average Bonchev–Trinajstić information content (AvgIpc) is 3.31. The standard InChI is InChI=1S/C20H21N5O2/c1-24-9-7-22-19(24)17-12-21-11-16(23-17)18-6-3-8-25(18)13-14-4-2-5-15(10-14)20(26)27/h2,4-5,7,9-12,18H,3,6,8,13H2,1H3,(H,26,27). The molecule has 27 heavy (non-hydrogen) atoms. The second-order valence-electron chi connectivity index (χ2n) is 6.82.